The number of hydrogen-bond acceptors (Lipinski definition) is 3. The molecular weight excluding hydrogens is 488 g/mol. The van der Waals surface area contributed by atoms with Gasteiger partial charge < -0.3 is 5.32 Å². The molecule has 1 amide bonds. The number of hydrogen-bond donors (Lipinski definition) is 2. The Balaban J connectivity index is 1.88. The maximum Gasteiger partial charge on any atom is 0.242 e. The Kier molecular flexibility index (Phi) is 7.31. The van der Waals surface area contributed by atoms with Crippen LogP contribution in [-0.2, 0) is 21.2 Å². The van der Waals surface area contributed by atoms with Crippen LogP contribution in [0.25, 0.3) is 0 Å². The number of halogens is 2. The Morgan fingerprint density at radius 1 is 1.00 bits per heavy atom. The van der Waals surface area contributed by atoms with Gasteiger partial charge in [0.15, 0.2) is 0 Å². The monoisotopic (exact) mass is 506 g/mol. The van der Waals surface area contributed by atoms with Crippen LogP contribution < -0.4 is 10.0 Å². The molecule has 0 heterocycles. The van der Waals surface area contributed by atoms with Gasteiger partial charge in [-0.25, -0.2) is 8.42 Å². The second kappa shape index (κ2) is 9.75. The predicted molar refractivity (Wildman–Crippen MR) is 123 cm³/mol. The minimum atomic E-state index is -3.91. The molecule has 3 aromatic carbocycles. The molecule has 0 aliphatic heterocycles. The Morgan fingerprint density at radius 3 is 2.33 bits per heavy atom. The highest BCUT2D eigenvalue weighted by Gasteiger charge is 2.26. The van der Waals surface area contributed by atoms with Crippen LogP contribution in [0.5, 0.6) is 0 Å². The van der Waals surface area contributed by atoms with E-state index in [4.69, 9.17) is 11.6 Å². The first-order valence-electron chi connectivity index (χ1n) is 9.14. The Bertz CT molecular complexity index is 1140. The molecule has 2 N–H and O–H groups in total. The standard InChI is InChI=1S/C22H20BrClN2O3S/c1-15-19(24)8-5-9-20(15)25-22(27)21(14-16-6-3-2-4-7-16)26-30(28,29)18-12-10-17(23)11-13-18/h2-13,21,26H,14H2,1H3,(H,25,27)/t21-/m0/s1. The number of amides is 1. The summed E-state index contributed by atoms with van der Waals surface area (Å²) in [7, 11) is -3.91. The van der Waals surface area contributed by atoms with Crippen molar-refractivity contribution in [2.45, 2.75) is 24.3 Å². The smallest absolute Gasteiger partial charge is 0.242 e. The van der Waals surface area contributed by atoms with E-state index in [0.717, 1.165) is 10.0 Å². The minimum absolute atomic E-state index is 0.0792. The number of carbonyl (C=O) groups is 1. The quantitative estimate of drug-likeness (QED) is 0.476. The van der Waals surface area contributed by atoms with Gasteiger partial charge in [0.05, 0.1) is 4.90 Å². The van der Waals surface area contributed by atoms with Crippen LogP contribution in [0.15, 0.2) is 82.2 Å². The van der Waals surface area contributed by atoms with Crippen molar-refractivity contribution in [2.75, 3.05) is 5.32 Å². The summed E-state index contributed by atoms with van der Waals surface area (Å²) in [5.41, 5.74) is 2.08. The molecule has 1 atom stereocenters. The van der Waals surface area contributed by atoms with Crippen molar-refractivity contribution in [2.24, 2.45) is 0 Å². The highest BCUT2D eigenvalue weighted by molar-refractivity contribution is 9.10. The van der Waals surface area contributed by atoms with E-state index in [1.807, 2.05) is 30.3 Å². The number of benzene rings is 3. The predicted octanol–water partition coefficient (Wildman–Crippen LogP) is 4.94. The zero-order valence-corrected chi connectivity index (χ0v) is 19.3. The molecule has 0 bridgehead atoms. The van der Waals surface area contributed by atoms with Crippen molar-refractivity contribution >= 4 is 49.1 Å². The lowest BCUT2D eigenvalue weighted by molar-refractivity contribution is -0.117. The zero-order valence-electron chi connectivity index (χ0n) is 16.1. The van der Waals surface area contributed by atoms with Gasteiger partial charge in [-0.05, 0) is 60.9 Å². The van der Waals surface area contributed by atoms with Crippen LogP contribution in [0, 0.1) is 6.92 Å². The van der Waals surface area contributed by atoms with Crippen molar-refractivity contribution in [3.8, 4) is 0 Å². The van der Waals surface area contributed by atoms with Gasteiger partial charge in [-0.3, -0.25) is 4.79 Å². The molecule has 0 aliphatic rings. The van der Waals surface area contributed by atoms with Gasteiger partial charge in [-0.1, -0.05) is 63.9 Å². The molecule has 0 saturated carbocycles. The summed E-state index contributed by atoms with van der Waals surface area (Å²) in [6.07, 6.45) is 0.196. The number of anilines is 1. The van der Waals surface area contributed by atoms with Crippen LogP contribution in [0.4, 0.5) is 5.69 Å². The fourth-order valence-electron chi connectivity index (χ4n) is 2.87. The SMILES string of the molecule is Cc1c(Cl)cccc1NC(=O)[C@H](Cc1ccccc1)NS(=O)(=O)c1ccc(Br)cc1. The number of sulfonamides is 1. The fourth-order valence-corrected chi connectivity index (χ4v) is 4.50. The second-order valence-corrected chi connectivity index (χ2v) is 9.76. The summed E-state index contributed by atoms with van der Waals surface area (Å²) >= 11 is 9.43. The number of rotatable bonds is 7. The third-order valence-electron chi connectivity index (χ3n) is 4.55. The van der Waals surface area contributed by atoms with Gasteiger partial charge in [-0.2, -0.15) is 4.72 Å². The van der Waals surface area contributed by atoms with Crippen LogP contribution >= 0.6 is 27.5 Å². The zero-order chi connectivity index (χ0) is 21.7. The van der Waals surface area contributed by atoms with Gasteiger partial charge in [0, 0.05) is 15.2 Å². The van der Waals surface area contributed by atoms with Crippen LogP contribution in [-0.4, -0.2) is 20.4 Å². The average molecular weight is 508 g/mol. The molecule has 8 heteroatoms. The highest BCUT2D eigenvalue weighted by atomic mass is 79.9. The second-order valence-electron chi connectivity index (χ2n) is 6.72. The van der Waals surface area contributed by atoms with Crippen molar-refractivity contribution in [3.05, 3.63) is 93.4 Å². The van der Waals surface area contributed by atoms with Crippen LogP contribution in [0.1, 0.15) is 11.1 Å². The normalized spacial score (nSPS) is 12.4. The van der Waals surface area contributed by atoms with E-state index < -0.39 is 22.0 Å². The molecule has 0 unspecified atom stereocenters. The molecule has 0 spiro atoms. The Morgan fingerprint density at radius 2 is 1.67 bits per heavy atom. The lowest BCUT2D eigenvalue weighted by Gasteiger charge is -2.20. The van der Waals surface area contributed by atoms with E-state index in [-0.39, 0.29) is 11.3 Å². The van der Waals surface area contributed by atoms with Crippen molar-refractivity contribution in [3.63, 3.8) is 0 Å². The van der Waals surface area contributed by atoms with E-state index in [0.29, 0.717) is 16.3 Å². The molecule has 0 aliphatic carbocycles. The molecule has 156 valence electrons. The van der Waals surface area contributed by atoms with E-state index in [9.17, 15) is 13.2 Å². The van der Waals surface area contributed by atoms with Crippen molar-refractivity contribution < 1.29 is 13.2 Å². The molecule has 3 aromatic rings. The topological polar surface area (TPSA) is 75.3 Å². The van der Waals surface area contributed by atoms with Gasteiger partial charge >= 0.3 is 0 Å². The third kappa shape index (κ3) is 5.70. The Hall–Kier alpha value is -2.19. The lowest BCUT2D eigenvalue weighted by atomic mass is 10.1. The maximum atomic E-state index is 13.1. The summed E-state index contributed by atoms with van der Waals surface area (Å²) in [6.45, 7) is 1.79. The first-order valence-corrected chi connectivity index (χ1v) is 11.8. The third-order valence-corrected chi connectivity index (χ3v) is 6.97. The summed E-state index contributed by atoms with van der Waals surface area (Å²) < 4.78 is 29.1. The molecular formula is C22H20BrClN2O3S. The van der Waals surface area contributed by atoms with Gasteiger partial charge in [0.25, 0.3) is 0 Å². The number of carbonyl (C=O) groups excluding carboxylic acids is 1. The average Bonchev–Trinajstić information content (AvgIpc) is 2.72. The van der Waals surface area contributed by atoms with Crippen molar-refractivity contribution in [1.82, 2.24) is 4.72 Å². The largest absolute Gasteiger partial charge is 0.324 e. The van der Waals surface area contributed by atoms with E-state index in [1.54, 1.807) is 37.3 Å². The Labute approximate surface area is 189 Å². The maximum absolute atomic E-state index is 13.1. The summed E-state index contributed by atoms with van der Waals surface area (Å²) in [5, 5.41) is 3.31. The lowest BCUT2D eigenvalue weighted by Crippen LogP contribution is -2.45. The van der Waals surface area contributed by atoms with Gasteiger partial charge in [0.2, 0.25) is 15.9 Å². The van der Waals surface area contributed by atoms with Crippen LogP contribution in [0.3, 0.4) is 0 Å². The fraction of sp³-hybridized carbons (Fsp3) is 0.136. The molecule has 30 heavy (non-hydrogen) atoms. The minimum Gasteiger partial charge on any atom is -0.324 e. The highest BCUT2D eigenvalue weighted by Crippen LogP contribution is 2.23. The molecule has 0 saturated heterocycles. The van der Waals surface area contributed by atoms with E-state index in [1.165, 1.54) is 12.1 Å². The summed E-state index contributed by atoms with van der Waals surface area (Å²) in [4.78, 5) is 13.1. The van der Waals surface area contributed by atoms with Crippen molar-refractivity contribution in [1.29, 1.82) is 0 Å². The van der Waals surface area contributed by atoms with E-state index >= 15 is 0 Å². The number of nitrogens with one attached hydrogen (secondary N) is 2. The summed E-state index contributed by atoms with van der Waals surface area (Å²) in [6, 6.07) is 19.6. The van der Waals surface area contributed by atoms with Crippen LogP contribution in [0.2, 0.25) is 5.02 Å². The first kappa shape index (κ1) is 22.5. The van der Waals surface area contributed by atoms with Gasteiger partial charge in [0.1, 0.15) is 6.04 Å². The van der Waals surface area contributed by atoms with Gasteiger partial charge in [-0.15, -0.1) is 0 Å². The molecule has 5 nitrogen and oxygen atoms in total. The molecule has 3 rings (SSSR count). The summed E-state index contributed by atoms with van der Waals surface area (Å²) in [5.74, 6) is -0.468. The van der Waals surface area contributed by atoms with E-state index in [2.05, 4.69) is 26.0 Å². The molecule has 0 aromatic heterocycles. The molecule has 0 fully saturated rings. The molecule has 0 radical (unpaired) electrons. The first-order chi connectivity index (χ1) is 14.3.